The number of amides is 3. The van der Waals surface area contributed by atoms with Crippen LogP contribution < -0.4 is 5.32 Å². The molecule has 3 amide bonds. The molecule has 154 valence electrons. The zero-order valence-corrected chi connectivity index (χ0v) is 16.8. The smallest absolute Gasteiger partial charge is 0.321 e. The molecule has 0 radical (unpaired) electrons. The summed E-state index contributed by atoms with van der Waals surface area (Å²) in [5, 5.41) is 3.00. The fourth-order valence-electron chi connectivity index (χ4n) is 4.50. The van der Waals surface area contributed by atoms with E-state index in [4.69, 9.17) is 4.42 Å². The van der Waals surface area contributed by atoms with Crippen molar-refractivity contribution in [3.05, 3.63) is 54.5 Å². The van der Waals surface area contributed by atoms with E-state index >= 15 is 0 Å². The van der Waals surface area contributed by atoms with Crippen LogP contribution >= 0.6 is 0 Å². The molecule has 0 aliphatic carbocycles. The molecule has 1 spiro atoms. The molecule has 7 heteroatoms. The number of hydrogen-bond donors (Lipinski definition) is 1. The normalized spacial score (nSPS) is 22.9. The first-order chi connectivity index (χ1) is 14.1. The molecule has 2 aromatic rings. The minimum absolute atomic E-state index is 0.108. The Morgan fingerprint density at radius 3 is 2.66 bits per heavy atom. The van der Waals surface area contributed by atoms with Gasteiger partial charge in [-0.1, -0.05) is 18.2 Å². The van der Waals surface area contributed by atoms with Gasteiger partial charge in [0.25, 0.3) is 0 Å². The first-order valence-electron chi connectivity index (χ1n) is 10.2. The van der Waals surface area contributed by atoms with E-state index in [9.17, 15) is 9.59 Å². The molecule has 2 saturated heterocycles. The van der Waals surface area contributed by atoms with Crippen LogP contribution in [-0.2, 0) is 11.3 Å². The van der Waals surface area contributed by atoms with Gasteiger partial charge in [0.1, 0.15) is 0 Å². The Morgan fingerprint density at radius 2 is 1.97 bits per heavy atom. The Labute approximate surface area is 171 Å². The van der Waals surface area contributed by atoms with E-state index < -0.39 is 0 Å². The summed E-state index contributed by atoms with van der Waals surface area (Å²) < 4.78 is 5.22. The van der Waals surface area contributed by atoms with Gasteiger partial charge in [0.05, 0.1) is 12.5 Å². The minimum atomic E-state index is -0.249. The maximum Gasteiger partial charge on any atom is 0.321 e. The Morgan fingerprint density at radius 1 is 1.14 bits per heavy atom. The third-order valence-corrected chi connectivity index (χ3v) is 5.86. The van der Waals surface area contributed by atoms with Crippen LogP contribution in [0, 0.1) is 5.41 Å². The molecule has 1 atom stereocenters. The van der Waals surface area contributed by atoms with Gasteiger partial charge in [-0.05, 0) is 25.1 Å². The van der Waals surface area contributed by atoms with Crippen LogP contribution in [0.1, 0.15) is 18.9 Å². The van der Waals surface area contributed by atoms with Gasteiger partial charge in [-0.15, -0.1) is 0 Å². The minimum Gasteiger partial charge on any atom is -0.472 e. The number of para-hydroxylation sites is 1. The van der Waals surface area contributed by atoms with Crippen molar-refractivity contribution in [2.45, 2.75) is 19.9 Å². The molecule has 29 heavy (non-hydrogen) atoms. The van der Waals surface area contributed by atoms with E-state index in [0.29, 0.717) is 32.6 Å². The largest absolute Gasteiger partial charge is 0.472 e. The quantitative estimate of drug-likeness (QED) is 0.863. The lowest BCUT2D eigenvalue weighted by Crippen LogP contribution is -2.45. The third-order valence-electron chi connectivity index (χ3n) is 5.86. The number of hydrogen-bond acceptors (Lipinski definition) is 4. The lowest BCUT2D eigenvalue weighted by atomic mass is 9.86. The maximum absolute atomic E-state index is 13.0. The Kier molecular flexibility index (Phi) is 5.58. The highest BCUT2D eigenvalue weighted by atomic mass is 16.3. The zero-order valence-electron chi connectivity index (χ0n) is 16.8. The average Bonchev–Trinajstić information content (AvgIpc) is 3.28. The molecular weight excluding hydrogens is 368 g/mol. The number of furan rings is 1. The van der Waals surface area contributed by atoms with Crippen LogP contribution in [0.4, 0.5) is 10.5 Å². The molecule has 7 nitrogen and oxygen atoms in total. The van der Waals surface area contributed by atoms with Gasteiger partial charge in [0.2, 0.25) is 5.91 Å². The summed E-state index contributed by atoms with van der Waals surface area (Å²) in [7, 11) is 0. The first-order valence-corrected chi connectivity index (χ1v) is 10.2. The van der Waals surface area contributed by atoms with Gasteiger partial charge < -0.3 is 19.5 Å². The highest BCUT2D eigenvalue weighted by Crippen LogP contribution is 2.35. The molecule has 2 aliphatic rings. The zero-order chi connectivity index (χ0) is 20.3. The molecule has 0 bridgehead atoms. The van der Waals surface area contributed by atoms with Crippen LogP contribution in [0.3, 0.4) is 0 Å². The molecule has 1 N–H and O–H groups in total. The monoisotopic (exact) mass is 396 g/mol. The van der Waals surface area contributed by atoms with Crippen molar-refractivity contribution in [3.8, 4) is 0 Å². The molecule has 0 unspecified atom stereocenters. The van der Waals surface area contributed by atoms with Crippen molar-refractivity contribution in [3.63, 3.8) is 0 Å². The number of likely N-dealkylation sites (tertiary alicyclic amines) is 1. The molecule has 2 aliphatic heterocycles. The topological polar surface area (TPSA) is 69.0 Å². The lowest BCUT2D eigenvalue weighted by molar-refractivity contribution is -0.127. The molecule has 1 aromatic heterocycles. The summed E-state index contributed by atoms with van der Waals surface area (Å²) in [5.74, 6) is 0.182. The first kappa shape index (κ1) is 19.5. The highest BCUT2D eigenvalue weighted by Gasteiger charge is 2.46. The van der Waals surface area contributed by atoms with Crippen molar-refractivity contribution in [2.24, 2.45) is 5.41 Å². The van der Waals surface area contributed by atoms with Gasteiger partial charge in [0.15, 0.2) is 0 Å². The van der Waals surface area contributed by atoms with E-state index in [2.05, 4.69) is 10.2 Å². The summed E-state index contributed by atoms with van der Waals surface area (Å²) in [6, 6.07) is 11.4. The summed E-state index contributed by atoms with van der Waals surface area (Å²) in [5.41, 5.74) is 1.64. The van der Waals surface area contributed by atoms with E-state index in [0.717, 1.165) is 30.9 Å². The second kappa shape index (κ2) is 8.29. The Bertz CT molecular complexity index is 839. The van der Waals surface area contributed by atoms with E-state index in [1.54, 1.807) is 12.5 Å². The molecule has 4 rings (SSSR count). The van der Waals surface area contributed by atoms with E-state index in [-0.39, 0.29) is 17.4 Å². The highest BCUT2D eigenvalue weighted by molar-refractivity contribution is 5.89. The van der Waals surface area contributed by atoms with Gasteiger partial charge in [-0.3, -0.25) is 9.69 Å². The van der Waals surface area contributed by atoms with E-state index in [1.807, 2.05) is 53.1 Å². The van der Waals surface area contributed by atoms with Gasteiger partial charge in [-0.25, -0.2) is 4.79 Å². The number of rotatable bonds is 4. The second-order valence-electron chi connectivity index (χ2n) is 8.14. The van der Waals surface area contributed by atoms with Crippen LogP contribution in [-0.4, -0.2) is 65.9 Å². The molecule has 1 aromatic carbocycles. The summed E-state index contributed by atoms with van der Waals surface area (Å²) in [4.78, 5) is 31.7. The number of urea groups is 1. The van der Waals surface area contributed by atoms with Crippen molar-refractivity contribution >= 4 is 17.6 Å². The standard InChI is InChI=1S/C22H28N4O3/c1-2-25-16-22(12-20(25)27)15-24(13-18-8-11-29-14-18)9-10-26(17-22)21(28)23-19-6-4-3-5-7-19/h3-8,11,14H,2,9-10,12-13,15-17H2,1H3,(H,23,28)/t22-/m1/s1. The maximum atomic E-state index is 13.0. The SMILES string of the molecule is CCN1C[C@@]2(CC1=O)CN(Cc1ccoc1)CCN(C(=O)Nc1ccccc1)C2. The summed E-state index contributed by atoms with van der Waals surface area (Å²) in [6.07, 6.45) is 3.92. The second-order valence-corrected chi connectivity index (χ2v) is 8.14. The Balaban J connectivity index is 1.53. The predicted octanol–water partition coefficient (Wildman–Crippen LogP) is 2.87. The molecule has 3 heterocycles. The van der Waals surface area contributed by atoms with Crippen LogP contribution in [0.2, 0.25) is 0 Å². The lowest BCUT2D eigenvalue weighted by Gasteiger charge is -2.33. The van der Waals surface area contributed by atoms with Crippen LogP contribution in [0.25, 0.3) is 0 Å². The molecular formula is C22H28N4O3. The fourth-order valence-corrected chi connectivity index (χ4v) is 4.50. The predicted molar refractivity (Wildman–Crippen MR) is 110 cm³/mol. The number of carbonyl (C=O) groups excluding carboxylic acids is 2. The summed E-state index contributed by atoms with van der Waals surface area (Å²) >= 11 is 0. The van der Waals surface area contributed by atoms with Gasteiger partial charge >= 0.3 is 6.03 Å². The van der Waals surface area contributed by atoms with Crippen LogP contribution in [0.5, 0.6) is 0 Å². The number of carbonyl (C=O) groups is 2. The van der Waals surface area contributed by atoms with Gasteiger partial charge in [0, 0.05) is 68.9 Å². The number of benzene rings is 1. The third kappa shape index (κ3) is 4.45. The number of nitrogens with one attached hydrogen (secondary N) is 1. The average molecular weight is 396 g/mol. The summed E-state index contributed by atoms with van der Waals surface area (Å²) in [6.45, 7) is 6.92. The van der Waals surface area contributed by atoms with Crippen molar-refractivity contribution < 1.29 is 14.0 Å². The van der Waals surface area contributed by atoms with Crippen molar-refractivity contribution in [1.29, 1.82) is 0 Å². The fraction of sp³-hybridized carbons (Fsp3) is 0.455. The van der Waals surface area contributed by atoms with Crippen LogP contribution in [0.15, 0.2) is 53.3 Å². The van der Waals surface area contributed by atoms with Crippen molar-refractivity contribution in [2.75, 3.05) is 44.6 Å². The van der Waals surface area contributed by atoms with E-state index in [1.165, 1.54) is 0 Å². The molecule has 2 fully saturated rings. The Hall–Kier alpha value is -2.80. The van der Waals surface area contributed by atoms with Crippen molar-refractivity contribution in [1.82, 2.24) is 14.7 Å². The van der Waals surface area contributed by atoms with Gasteiger partial charge in [-0.2, -0.15) is 0 Å². The molecule has 0 saturated carbocycles. The number of anilines is 1. The number of nitrogens with zero attached hydrogens (tertiary/aromatic N) is 3.